The zero-order chi connectivity index (χ0) is 13.2. The molecule has 0 saturated heterocycles. The van der Waals surface area contributed by atoms with Crippen LogP contribution in [0.1, 0.15) is 29.3 Å². The zero-order valence-electron chi connectivity index (χ0n) is 8.91. The Morgan fingerprint density at radius 2 is 2.06 bits per heavy atom. The van der Waals surface area contributed by atoms with E-state index >= 15 is 0 Å². The van der Waals surface area contributed by atoms with Gasteiger partial charge in [-0.05, 0) is 40.0 Å². The van der Waals surface area contributed by atoms with Gasteiger partial charge < -0.3 is 5.11 Å². The van der Waals surface area contributed by atoms with Crippen LogP contribution in [0.3, 0.4) is 0 Å². The largest absolute Gasteiger partial charge is 0.478 e. The third-order valence-corrected chi connectivity index (χ3v) is 4.45. The lowest BCUT2D eigenvalue weighted by Crippen LogP contribution is -2.05. The van der Waals surface area contributed by atoms with E-state index < -0.39 is 15.0 Å². The van der Waals surface area contributed by atoms with E-state index in [1.165, 1.54) is 6.07 Å². The summed E-state index contributed by atoms with van der Waals surface area (Å²) >= 11 is 3.08. The predicted octanol–water partition coefficient (Wildman–Crippen LogP) is 3.03. The molecular weight excluding hydrogens is 332 g/mol. The molecule has 1 aromatic carbocycles. The van der Waals surface area contributed by atoms with Gasteiger partial charge in [-0.25, -0.2) is 13.2 Å². The van der Waals surface area contributed by atoms with Crippen molar-refractivity contribution >= 4 is 41.6 Å². The SMILES string of the molecule is CCCc1cc(Br)c(S(=O)(=O)Cl)cc1C(=O)O. The van der Waals surface area contributed by atoms with Crippen LogP contribution in [0.5, 0.6) is 0 Å². The summed E-state index contributed by atoms with van der Waals surface area (Å²) in [5.41, 5.74) is 0.546. The minimum absolute atomic E-state index is 0.0331. The normalized spacial score (nSPS) is 11.5. The van der Waals surface area contributed by atoms with Crippen molar-refractivity contribution in [2.45, 2.75) is 24.7 Å². The van der Waals surface area contributed by atoms with Crippen LogP contribution in [0, 0.1) is 0 Å². The topological polar surface area (TPSA) is 71.4 Å². The van der Waals surface area contributed by atoms with Gasteiger partial charge in [0.1, 0.15) is 0 Å². The van der Waals surface area contributed by atoms with Crippen LogP contribution in [0.2, 0.25) is 0 Å². The van der Waals surface area contributed by atoms with Crippen molar-refractivity contribution in [2.24, 2.45) is 0 Å². The third kappa shape index (κ3) is 3.43. The predicted molar refractivity (Wildman–Crippen MR) is 68.1 cm³/mol. The summed E-state index contributed by atoms with van der Waals surface area (Å²) in [7, 11) is 1.26. The van der Waals surface area contributed by atoms with Crippen LogP contribution < -0.4 is 0 Å². The zero-order valence-corrected chi connectivity index (χ0v) is 12.1. The van der Waals surface area contributed by atoms with E-state index in [-0.39, 0.29) is 14.9 Å². The fourth-order valence-electron chi connectivity index (χ4n) is 1.46. The van der Waals surface area contributed by atoms with Crippen molar-refractivity contribution in [3.63, 3.8) is 0 Å². The lowest BCUT2D eigenvalue weighted by atomic mass is 10.0. The molecule has 0 spiro atoms. The Kier molecular flexibility index (Phi) is 4.57. The molecule has 94 valence electrons. The minimum atomic E-state index is -3.96. The summed E-state index contributed by atoms with van der Waals surface area (Å²) in [6, 6.07) is 2.57. The highest BCUT2D eigenvalue weighted by molar-refractivity contribution is 9.10. The molecule has 0 bridgehead atoms. The highest BCUT2D eigenvalue weighted by Crippen LogP contribution is 2.29. The number of rotatable bonds is 4. The second-order valence-electron chi connectivity index (χ2n) is 3.43. The van der Waals surface area contributed by atoms with Gasteiger partial charge in [0.05, 0.1) is 10.5 Å². The van der Waals surface area contributed by atoms with Crippen LogP contribution in [0.15, 0.2) is 21.5 Å². The number of hydrogen-bond acceptors (Lipinski definition) is 3. The summed E-state index contributed by atoms with van der Waals surface area (Å²) < 4.78 is 22.8. The van der Waals surface area contributed by atoms with Gasteiger partial charge in [-0.1, -0.05) is 13.3 Å². The fourth-order valence-corrected chi connectivity index (χ4v) is 3.70. The maximum atomic E-state index is 11.2. The number of halogens is 2. The third-order valence-electron chi connectivity index (χ3n) is 2.17. The smallest absolute Gasteiger partial charge is 0.336 e. The molecular formula is C10H10BrClO4S. The maximum absolute atomic E-state index is 11.2. The van der Waals surface area contributed by atoms with Gasteiger partial charge in [0.15, 0.2) is 0 Å². The second-order valence-corrected chi connectivity index (χ2v) is 6.82. The Bertz CT molecular complexity index is 554. The molecule has 0 atom stereocenters. The molecule has 0 aliphatic heterocycles. The van der Waals surface area contributed by atoms with Gasteiger partial charge in [-0.3, -0.25) is 0 Å². The Balaban J connectivity index is 3.51. The molecule has 0 aromatic heterocycles. The van der Waals surface area contributed by atoms with Crippen LogP contribution in [-0.4, -0.2) is 19.5 Å². The Morgan fingerprint density at radius 3 is 2.47 bits per heavy atom. The first-order chi connectivity index (χ1) is 7.77. The standard InChI is InChI=1S/C10H10BrClO4S/c1-2-3-6-4-8(11)9(17(12,15)16)5-7(6)10(13)14/h4-5H,2-3H2,1H3,(H,13,14). The van der Waals surface area contributed by atoms with Gasteiger partial charge in [0.25, 0.3) is 9.05 Å². The first-order valence-electron chi connectivity index (χ1n) is 4.77. The number of aryl methyl sites for hydroxylation is 1. The van der Waals surface area contributed by atoms with E-state index in [1.807, 2.05) is 6.92 Å². The number of benzene rings is 1. The Morgan fingerprint density at radius 1 is 1.47 bits per heavy atom. The summed E-state index contributed by atoms with van der Waals surface area (Å²) in [4.78, 5) is 10.8. The number of carboxylic acid groups (broad SMARTS) is 1. The van der Waals surface area contributed by atoms with Crippen LogP contribution >= 0.6 is 26.6 Å². The van der Waals surface area contributed by atoms with Crippen LogP contribution in [0.4, 0.5) is 0 Å². The van der Waals surface area contributed by atoms with Gasteiger partial charge in [-0.15, -0.1) is 0 Å². The molecule has 0 radical (unpaired) electrons. The second kappa shape index (κ2) is 5.37. The van der Waals surface area contributed by atoms with Crippen LogP contribution in [0.25, 0.3) is 0 Å². The molecule has 0 heterocycles. The maximum Gasteiger partial charge on any atom is 0.336 e. The van der Waals surface area contributed by atoms with Gasteiger partial charge in [-0.2, -0.15) is 0 Å². The minimum Gasteiger partial charge on any atom is -0.478 e. The molecule has 1 N–H and O–H groups in total. The quantitative estimate of drug-likeness (QED) is 0.855. The molecule has 0 fully saturated rings. The molecule has 1 aromatic rings. The first-order valence-corrected chi connectivity index (χ1v) is 7.88. The molecule has 7 heteroatoms. The van der Waals surface area contributed by atoms with Crippen molar-refractivity contribution < 1.29 is 18.3 Å². The molecule has 0 aliphatic carbocycles. The van der Waals surface area contributed by atoms with Crippen molar-refractivity contribution in [3.05, 3.63) is 27.7 Å². The lowest BCUT2D eigenvalue weighted by Gasteiger charge is -2.08. The first kappa shape index (κ1) is 14.5. The van der Waals surface area contributed by atoms with Gasteiger partial charge in [0.2, 0.25) is 0 Å². The van der Waals surface area contributed by atoms with Crippen molar-refractivity contribution in [2.75, 3.05) is 0 Å². The molecule has 0 saturated carbocycles. The molecule has 4 nitrogen and oxygen atoms in total. The van der Waals surface area contributed by atoms with Crippen molar-refractivity contribution in [3.8, 4) is 0 Å². The summed E-state index contributed by atoms with van der Waals surface area (Å²) in [5, 5.41) is 9.02. The van der Waals surface area contributed by atoms with E-state index in [4.69, 9.17) is 15.8 Å². The van der Waals surface area contributed by atoms with Gasteiger partial charge >= 0.3 is 5.97 Å². The average Bonchev–Trinajstić information content (AvgIpc) is 2.15. The monoisotopic (exact) mass is 340 g/mol. The van der Waals surface area contributed by atoms with Crippen LogP contribution in [-0.2, 0) is 15.5 Å². The molecule has 17 heavy (non-hydrogen) atoms. The number of carboxylic acids is 1. The lowest BCUT2D eigenvalue weighted by molar-refractivity contribution is 0.0695. The Hall–Kier alpha value is -0.590. The average molecular weight is 342 g/mol. The fraction of sp³-hybridized carbons (Fsp3) is 0.300. The van der Waals surface area contributed by atoms with Gasteiger partial charge in [0, 0.05) is 15.2 Å². The van der Waals surface area contributed by atoms with Crippen molar-refractivity contribution in [1.29, 1.82) is 0 Å². The highest BCUT2D eigenvalue weighted by atomic mass is 79.9. The summed E-state index contributed by atoms with van der Waals surface area (Å²) in [6.45, 7) is 1.91. The number of hydrogen-bond donors (Lipinski definition) is 1. The van der Waals surface area contributed by atoms with Crippen molar-refractivity contribution in [1.82, 2.24) is 0 Å². The molecule has 0 amide bonds. The molecule has 1 rings (SSSR count). The van der Waals surface area contributed by atoms with E-state index in [0.717, 1.165) is 12.5 Å². The van der Waals surface area contributed by atoms with E-state index in [9.17, 15) is 13.2 Å². The number of carbonyl (C=O) groups is 1. The highest BCUT2D eigenvalue weighted by Gasteiger charge is 2.20. The van der Waals surface area contributed by atoms with E-state index in [0.29, 0.717) is 12.0 Å². The van der Waals surface area contributed by atoms with E-state index in [1.54, 1.807) is 0 Å². The summed E-state index contributed by atoms with van der Waals surface area (Å²) in [5.74, 6) is -1.16. The molecule has 0 unspecified atom stereocenters. The molecule has 0 aliphatic rings. The Labute approximate surface area is 112 Å². The van der Waals surface area contributed by atoms with E-state index in [2.05, 4.69) is 15.9 Å². The number of aromatic carboxylic acids is 1. The summed E-state index contributed by atoms with van der Waals surface area (Å²) in [6.07, 6.45) is 1.32.